The zero-order valence-corrected chi connectivity index (χ0v) is 37.9. The number of carbonyl (C=O) groups is 1. The molecule has 0 fully saturated rings. The first-order valence-corrected chi connectivity index (χ1v) is 25.4. The van der Waals surface area contributed by atoms with Crippen molar-refractivity contribution in [3.05, 3.63) is 42.0 Å². The second-order valence-corrected chi connectivity index (χ2v) is 18.6. The molecule has 0 heterocycles. The van der Waals surface area contributed by atoms with Crippen LogP contribution in [0.25, 0.3) is 0 Å². The van der Waals surface area contributed by atoms with E-state index < -0.39 is 21.5 Å². The van der Waals surface area contributed by atoms with Gasteiger partial charge in [0.1, 0.15) is 17.2 Å². The Kier molecular flexibility index (Phi) is 29.0. The van der Waals surface area contributed by atoms with Crippen LogP contribution in [0.2, 0.25) is 0 Å². The third kappa shape index (κ3) is 23.6. The van der Waals surface area contributed by atoms with Gasteiger partial charge in [0.05, 0.1) is 10.6 Å². The van der Waals surface area contributed by atoms with Crippen molar-refractivity contribution in [3.8, 4) is 11.5 Å². The van der Waals surface area contributed by atoms with Crippen LogP contribution >= 0.6 is 0 Å². The normalized spacial score (nSPS) is 11.6. The van der Waals surface area contributed by atoms with Crippen LogP contribution in [0.1, 0.15) is 230 Å². The van der Waals surface area contributed by atoms with Crippen molar-refractivity contribution in [1.29, 1.82) is 0 Å². The van der Waals surface area contributed by atoms with E-state index in [0.29, 0.717) is 18.7 Å². The van der Waals surface area contributed by atoms with Crippen LogP contribution in [0, 0.1) is 0 Å². The third-order valence-electron chi connectivity index (χ3n) is 11.6. The zero-order valence-electron chi connectivity index (χ0n) is 37.1. The Hall–Kier alpha value is -2.94. The molecule has 58 heavy (non-hydrogen) atoms. The van der Waals surface area contributed by atoms with E-state index in [-0.39, 0.29) is 22.2 Å². The third-order valence-corrected chi connectivity index (χ3v) is 13.0. The SMILES string of the molecule is CCCCCCCCCCCCCCCCCCN(CCCCCCCCCCCCCCCCCC)C(=O)c1cccc(S(=O)(=O)Nc2cc(O)c(N)c(O)c2)c1. The average molecular weight is 828 g/mol. The van der Waals surface area contributed by atoms with Crippen molar-refractivity contribution in [2.75, 3.05) is 23.5 Å². The molecule has 0 aliphatic carbocycles. The summed E-state index contributed by atoms with van der Waals surface area (Å²) in [6.07, 6.45) is 41.6. The number of amides is 1. The first-order chi connectivity index (χ1) is 28.2. The standard InChI is InChI=1S/C49H85N3O5S/c1-3-5-7-9-11-13-15-17-19-21-23-25-27-29-31-33-38-52(39-34-32-30-28-26-24-22-20-18-16-14-12-10-8-6-4-2)49(55)43-36-35-37-45(40-43)58(56,57)51-44-41-46(53)48(50)47(54)42-44/h35-37,40-42,51,53-54H,3-34,38-39,50H2,1-2H3. The topological polar surface area (TPSA) is 133 Å². The molecule has 1 amide bonds. The summed E-state index contributed by atoms with van der Waals surface area (Å²) in [6.45, 7) is 5.87. The highest BCUT2D eigenvalue weighted by molar-refractivity contribution is 7.92. The van der Waals surface area contributed by atoms with E-state index in [1.807, 2.05) is 4.90 Å². The van der Waals surface area contributed by atoms with Crippen LogP contribution < -0.4 is 10.5 Å². The highest BCUT2D eigenvalue weighted by Crippen LogP contribution is 2.34. The van der Waals surface area contributed by atoms with Gasteiger partial charge in [-0.25, -0.2) is 8.42 Å². The number of benzene rings is 2. The second kappa shape index (κ2) is 32.9. The number of phenolic OH excluding ortho intramolecular Hbond substituents is 2. The predicted octanol–water partition coefficient (Wildman–Crippen LogP) is 14.4. The van der Waals surface area contributed by atoms with E-state index in [9.17, 15) is 23.4 Å². The summed E-state index contributed by atoms with van der Waals surface area (Å²) in [7, 11) is -4.11. The summed E-state index contributed by atoms with van der Waals surface area (Å²) in [5, 5.41) is 20.0. The fraction of sp³-hybridized carbons (Fsp3) is 0.735. The number of nitrogens with zero attached hydrogens (tertiary/aromatic N) is 1. The van der Waals surface area contributed by atoms with Gasteiger partial charge in [0, 0.05) is 30.8 Å². The highest BCUT2D eigenvalue weighted by atomic mass is 32.2. The van der Waals surface area contributed by atoms with Gasteiger partial charge in [0.2, 0.25) is 0 Å². The monoisotopic (exact) mass is 828 g/mol. The van der Waals surface area contributed by atoms with Crippen LogP contribution in [0.5, 0.6) is 11.5 Å². The number of hydrogen-bond acceptors (Lipinski definition) is 6. The van der Waals surface area contributed by atoms with Crippen LogP contribution in [-0.2, 0) is 10.0 Å². The Morgan fingerprint density at radius 1 is 0.534 bits per heavy atom. The molecule has 0 atom stereocenters. The minimum atomic E-state index is -4.11. The van der Waals surface area contributed by atoms with E-state index in [2.05, 4.69) is 18.6 Å². The first kappa shape index (κ1) is 51.2. The van der Waals surface area contributed by atoms with Gasteiger partial charge in [0.25, 0.3) is 15.9 Å². The number of phenols is 2. The number of nitrogen functional groups attached to an aromatic ring is 1. The number of hydrogen-bond donors (Lipinski definition) is 4. The van der Waals surface area contributed by atoms with Gasteiger partial charge in [-0.05, 0) is 31.0 Å². The van der Waals surface area contributed by atoms with E-state index in [1.165, 1.54) is 192 Å². The fourth-order valence-electron chi connectivity index (χ4n) is 7.89. The summed E-state index contributed by atoms with van der Waals surface area (Å²) in [5.41, 5.74) is 5.67. The molecule has 2 aromatic carbocycles. The molecule has 0 saturated carbocycles. The van der Waals surface area contributed by atoms with Gasteiger partial charge in [-0.15, -0.1) is 0 Å². The highest BCUT2D eigenvalue weighted by Gasteiger charge is 2.21. The predicted molar refractivity (Wildman–Crippen MR) is 246 cm³/mol. The van der Waals surface area contributed by atoms with E-state index in [1.54, 1.807) is 12.1 Å². The molecule has 0 saturated heterocycles. The first-order valence-electron chi connectivity index (χ1n) is 23.9. The van der Waals surface area contributed by atoms with Gasteiger partial charge in [-0.2, -0.15) is 0 Å². The summed E-state index contributed by atoms with van der Waals surface area (Å²) < 4.78 is 29.0. The van der Waals surface area contributed by atoms with Crippen LogP contribution in [0.15, 0.2) is 41.3 Å². The van der Waals surface area contributed by atoms with Crippen molar-refractivity contribution in [2.24, 2.45) is 0 Å². The summed E-state index contributed by atoms with van der Waals surface area (Å²) in [6, 6.07) is 8.39. The number of anilines is 2. The fourth-order valence-corrected chi connectivity index (χ4v) is 8.98. The molecule has 0 aliphatic rings. The maximum Gasteiger partial charge on any atom is 0.261 e. The van der Waals surface area contributed by atoms with Gasteiger partial charge in [0.15, 0.2) is 0 Å². The molecule has 0 unspecified atom stereocenters. The lowest BCUT2D eigenvalue weighted by atomic mass is 10.0. The quantitative estimate of drug-likeness (QED) is 0.0303. The lowest BCUT2D eigenvalue weighted by Crippen LogP contribution is -2.33. The number of carbonyl (C=O) groups excluding carboxylic acids is 1. The van der Waals surface area contributed by atoms with Crippen molar-refractivity contribution in [3.63, 3.8) is 0 Å². The van der Waals surface area contributed by atoms with Crippen molar-refractivity contribution in [2.45, 2.75) is 224 Å². The Morgan fingerprint density at radius 3 is 1.21 bits per heavy atom. The molecule has 0 spiro atoms. The van der Waals surface area contributed by atoms with Crippen LogP contribution in [0.4, 0.5) is 11.4 Å². The Balaban J connectivity index is 1.79. The molecule has 5 N–H and O–H groups in total. The Labute approximate surface area is 355 Å². The van der Waals surface area contributed by atoms with Crippen molar-refractivity contribution in [1.82, 2.24) is 4.90 Å². The van der Waals surface area contributed by atoms with E-state index in [4.69, 9.17) is 5.73 Å². The Morgan fingerprint density at radius 2 is 0.862 bits per heavy atom. The lowest BCUT2D eigenvalue weighted by Gasteiger charge is -2.23. The maximum atomic E-state index is 13.9. The summed E-state index contributed by atoms with van der Waals surface area (Å²) in [5.74, 6) is -1.01. The summed E-state index contributed by atoms with van der Waals surface area (Å²) >= 11 is 0. The molecule has 2 aromatic rings. The maximum absolute atomic E-state index is 13.9. The van der Waals surface area contributed by atoms with Crippen LogP contribution in [0.3, 0.4) is 0 Å². The molecular formula is C49H85N3O5S. The van der Waals surface area contributed by atoms with Crippen molar-refractivity contribution >= 4 is 27.3 Å². The Bertz CT molecular complexity index is 1390. The molecule has 0 radical (unpaired) electrons. The van der Waals surface area contributed by atoms with Crippen LogP contribution in [-0.4, -0.2) is 42.5 Å². The molecule has 332 valence electrons. The average Bonchev–Trinajstić information content (AvgIpc) is 3.21. The number of sulfonamides is 1. The number of unbranched alkanes of at least 4 members (excludes halogenated alkanes) is 30. The van der Waals surface area contributed by atoms with Gasteiger partial charge in [-0.3, -0.25) is 9.52 Å². The molecular weight excluding hydrogens is 743 g/mol. The smallest absolute Gasteiger partial charge is 0.261 e. The van der Waals surface area contributed by atoms with Gasteiger partial charge >= 0.3 is 0 Å². The van der Waals surface area contributed by atoms with Crippen molar-refractivity contribution < 1.29 is 23.4 Å². The molecule has 9 heteroatoms. The molecule has 0 bridgehead atoms. The summed E-state index contributed by atoms with van der Waals surface area (Å²) in [4.78, 5) is 15.8. The van der Waals surface area contributed by atoms with E-state index in [0.717, 1.165) is 37.8 Å². The minimum Gasteiger partial charge on any atom is -0.506 e. The zero-order chi connectivity index (χ0) is 42.1. The number of aromatic hydroxyl groups is 2. The lowest BCUT2D eigenvalue weighted by molar-refractivity contribution is 0.0749. The number of nitrogens with one attached hydrogen (secondary N) is 1. The van der Waals surface area contributed by atoms with E-state index >= 15 is 0 Å². The second-order valence-electron chi connectivity index (χ2n) is 17.0. The largest absolute Gasteiger partial charge is 0.506 e. The molecule has 0 aromatic heterocycles. The molecule has 8 nitrogen and oxygen atoms in total. The van der Waals surface area contributed by atoms with Gasteiger partial charge in [-0.1, -0.05) is 213 Å². The molecule has 0 aliphatic heterocycles. The number of nitrogens with two attached hydrogens (primary N) is 1. The molecule has 2 rings (SSSR count). The van der Waals surface area contributed by atoms with Gasteiger partial charge < -0.3 is 20.8 Å². The minimum absolute atomic E-state index is 0.0328. The number of rotatable bonds is 38.